The van der Waals surface area contributed by atoms with Crippen molar-refractivity contribution in [1.82, 2.24) is 14.6 Å². The highest BCUT2D eigenvalue weighted by Crippen LogP contribution is 2.19. The Hall–Kier alpha value is -1.77. The van der Waals surface area contributed by atoms with Crippen LogP contribution in [0, 0.1) is 0 Å². The highest BCUT2D eigenvalue weighted by molar-refractivity contribution is 7.91. The first-order chi connectivity index (χ1) is 11.1. The van der Waals surface area contributed by atoms with Gasteiger partial charge in [-0.25, -0.2) is 13.1 Å². The predicted octanol–water partition coefficient (Wildman–Crippen LogP) is 1.73. The van der Waals surface area contributed by atoms with Gasteiger partial charge >= 0.3 is 0 Å². The van der Waals surface area contributed by atoms with Crippen LogP contribution in [0.25, 0.3) is 0 Å². The van der Waals surface area contributed by atoms with Crippen LogP contribution in [0.4, 0.5) is 0 Å². The van der Waals surface area contributed by atoms with Gasteiger partial charge in [-0.3, -0.25) is 9.78 Å². The lowest BCUT2D eigenvalue weighted by molar-refractivity contribution is 0.0711. The maximum atomic E-state index is 12.3. The summed E-state index contributed by atoms with van der Waals surface area (Å²) in [7, 11) is -3.45. The van der Waals surface area contributed by atoms with Crippen molar-refractivity contribution in [3.63, 3.8) is 0 Å². The summed E-state index contributed by atoms with van der Waals surface area (Å²) in [5.74, 6) is -0.0577. The molecule has 1 aliphatic rings. The van der Waals surface area contributed by atoms with E-state index in [0.717, 1.165) is 0 Å². The molecule has 1 fully saturated rings. The Balaban J connectivity index is 1.58. The number of sulfonamides is 1. The third kappa shape index (κ3) is 3.77. The SMILES string of the molecule is O=C(c1cccnc1)N1CCC(NS(=O)(=O)c2cccs2)CC1. The van der Waals surface area contributed by atoms with Gasteiger partial charge in [0.1, 0.15) is 4.21 Å². The van der Waals surface area contributed by atoms with E-state index < -0.39 is 10.0 Å². The van der Waals surface area contributed by atoms with Gasteiger partial charge in [0.15, 0.2) is 0 Å². The van der Waals surface area contributed by atoms with Crippen molar-refractivity contribution >= 4 is 27.3 Å². The molecule has 1 saturated heterocycles. The first-order valence-electron chi connectivity index (χ1n) is 7.31. The first-order valence-corrected chi connectivity index (χ1v) is 9.68. The number of piperidine rings is 1. The normalized spacial score (nSPS) is 16.4. The molecule has 122 valence electrons. The fraction of sp³-hybridized carbons (Fsp3) is 0.333. The summed E-state index contributed by atoms with van der Waals surface area (Å²) in [4.78, 5) is 18.0. The lowest BCUT2D eigenvalue weighted by Crippen LogP contribution is -2.46. The van der Waals surface area contributed by atoms with Crippen molar-refractivity contribution in [1.29, 1.82) is 0 Å². The van der Waals surface area contributed by atoms with E-state index >= 15 is 0 Å². The van der Waals surface area contributed by atoms with E-state index in [1.807, 2.05) is 0 Å². The average molecular weight is 351 g/mol. The number of aromatic nitrogens is 1. The zero-order valence-corrected chi connectivity index (χ0v) is 14.0. The molecule has 0 aromatic carbocycles. The van der Waals surface area contributed by atoms with Gasteiger partial charge in [0.25, 0.3) is 5.91 Å². The molecule has 1 amide bonds. The maximum absolute atomic E-state index is 12.3. The summed E-state index contributed by atoms with van der Waals surface area (Å²) in [6.45, 7) is 1.07. The topological polar surface area (TPSA) is 79.4 Å². The molecule has 3 heterocycles. The number of amides is 1. The molecule has 0 saturated carbocycles. The number of nitrogens with zero attached hydrogens (tertiary/aromatic N) is 2. The number of hydrogen-bond acceptors (Lipinski definition) is 5. The van der Waals surface area contributed by atoms with Crippen molar-refractivity contribution in [3.8, 4) is 0 Å². The van der Waals surface area contributed by atoms with Gasteiger partial charge in [-0.1, -0.05) is 6.07 Å². The zero-order chi connectivity index (χ0) is 16.3. The van der Waals surface area contributed by atoms with Gasteiger partial charge in [-0.05, 0) is 36.4 Å². The van der Waals surface area contributed by atoms with Crippen molar-refractivity contribution in [3.05, 3.63) is 47.6 Å². The number of thiophene rings is 1. The van der Waals surface area contributed by atoms with Gasteiger partial charge in [-0.2, -0.15) is 0 Å². The average Bonchev–Trinajstić information content (AvgIpc) is 3.11. The summed E-state index contributed by atoms with van der Waals surface area (Å²) in [6.07, 6.45) is 4.39. The van der Waals surface area contributed by atoms with Crippen LogP contribution < -0.4 is 4.72 Å². The van der Waals surface area contributed by atoms with Crippen molar-refractivity contribution in [2.75, 3.05) is 13.1 Å². The quantitative estimate of drug-likeness (QED) is 0.910. The minimum atomic E-state index is -3.45. The zero-order valence-electron chi connectivity index (χ0n) is 12.4. The van der Waals surface area contributed by atoms with Gasteiger partial charge in [0.05, 0.1) is 5.56 Å². The summed E-state index contributed by atoms with van der Waals surface area (Å²) in [5.41, 5.74) is 0.560. The van der Waals surface area contributed by atoms with Crippen molar-refractivity contribution in [2.24, 2.45) is 0 Å². The van der Waals surface area contributed by atoms with E-state index in [2.05, 4.69) is 9.71 Å². The molecule has 2 aromatic heterocycles. The molecule has 0 radical (unpaired) electrons. The molecule has 2 aromatic rings. The van der Waals surface area contributed by atoms with Crippen LogP contribution >= 0.6 is 11.3 Å². The lowest BCUT2D eigenvalue weighted by atomic mass is 10.1. The molecule has 0 unspecified atom stereocenters. The van der Waals surface area contributed by atoms with Crippen molar-refractivity contribution in [2.45, 2.75) is 23.1 Å². The molecule has 23 heavy (non-hydrogen) atoms. The predicted molar refractivity (Wildman–Crippen MR) is 87.8 cm³/mol. The fourth-order valence-electron chi connectivity index (χ4n) is 2.57. The summed E-state index contributed by atoms with van der Waals surface area (Å²) in [6, 6.07) is 6.64. The molecule has 0 aliphatic carbocycles. The third-order valence-corrected chi connectivity index (χ3v) is 6.69. The van der Waals surface area contributed by atoms with Crippen LogP contribution in [0.2, 0.25) is 0 Å². The van der Waals surface area contributed by atoms with E-state index in [1.165, 1.54) is 11.3 Å². The fourth-order valence-corrected chi connectivity index (χ4v) is 4.88. The molecule has 3 rings (SSSR count). The number of hydrogen-bond donors (Lipinski definition) is 1. The first kappa shape index (κ1) is 16.1. The Morgan fingerprint density at radius 3 is 2.65 bits per heavy atom. The smallest absolute Gasteiger partial charge is 0.255 e. The van der Waals surface area contributed by atoms with Crippen LogP contribution in [0.1, 0.15) is 23.2 Å². The van der Waals surface area contributed by atoms with Crippen LogP contribution in [0.15, 0.2) is 46.2 Å². The number of likely N-dealkylation sites (tertiary alicyclic amines) is 1. The standard InChI is InChI=1S/C15H17N3O3S2/c19-15(12-3-1-7-16-11-12)18-8-5-13(6-9-18)17-23(20,21)14-4-2-10-22-14/h1-4,7,10-11,13,17H,5-6,8-9H2. The second-order valence-corrected chi connectivity index (χ2v) is 8.25. The van der Waals surface area contributed by atoms with Gasteiger partial charge < -0.3 is 4.90 Å². The molecule has 0 spiro atoms. The molecule has 6 nitrogen and oxygen atoms in total. The lowest BCUT2D eigenvalue weighted by Gasteiger charge is -2.32. The minimum Gasteiger partial charge on any atom is -0.338 e. The molecule has 8 heteroatoms. The van der Waals surface area contributed by atoms with Crippen molar-refractivity contribution < 1.29 is 13.2 Å². The van der Waals surface area contributed by atoms with E-state index in [4.69, 9.17) is 0 Å². The van der Waals surface area contributed by atoms with Gasteiger partial charge in [0, 0.05) is 31.5 Å². The highest BCUT2D eigenvalue weighted by atomic mass is 32.2. The van der Waals surface area contributed by atoms with Crippen LogP contribution in [-0.4, -0.2) is 43.3 Å². The third-order valence-electron chi connectivity index (χ3n) is 3.77. The van der Waals surface area contributed by atoms with E-state index in [9.17, 15) is 13.2 Å². The Bertz CT molecular complexity index is 753. The number of rotatable bonds is 4. The second kappa shape index (κ2) is 6.77. The summed E-state index contributed by atoms with van der Waals surface area (Å²) in [5, 5.41) is 1.74. The van der Waals surface area contributed by atoms with E-state index in [-0.39, 0.29) is 11.9 Å². The summed E-state index contributed by atoms with van der Waals surface area (Å²) < 4.78 is 27.5. The van der Waals surface area contributed by atoms with E-state index in [1.54, 1.807) is 46.9 Å². The number of carbonyl (C=O) groups is 1. The Kier molecular flexibility index (Phi) is 4.74. The van der Waals surface area contributed by atoms with Gasteiger partial charge in [0.2, 0.25) is 10.0 Å². The van der Waals surface area contributed by atoms with E-state index in [0.29, 0.717) is 35.7 Å². The molecular formula is C15H17N3O3S2. The monoisotopic (exact) mass is 351 g/mol. The number of carbonyl (C=O) groups excluding carboxylic acids is 1. The molecular weight excluding hydrogens is 334 g/mol. The Morgan fingerprint density at radius 2 is 2.04 bits per heavy atom. The Labute approximate surface area is 139 Å². The van der Waals surface area contributed by atoms with Gasteiger partial charge in [-0.15, -0.1) is 11.3 Å². The van der Waals surface area contributed by atoms with Crippen LogP contribution in [0.5, 0.6) is 0 Å². The minimum absolute atomic E-state index is 0.0577. The summed E-state index contributed by atoms with van der Waals surface area (Å²) >= 11 is 1.20. The molecule has 0 bridgehead atoms. The highest BCUT2D eigenvalue weighted by Gasteiger charge is 2.27. The molecule has 0 atom stereocenters. The number of nitrogens with one attached hydrogen (secondary N) is 1. The van der Waals surface area contributed by atoms with Crippen LogP contribution in [-0.2, 0) is 10.0 Å². The van der Waals surface area contributed by atoms with Crippen LogP contribution in [0.3, 0.4) is 0 Å². The largest absolute Gasteiger partial charge is 0.338 e. The molecule has 1 N–H and O–H groups in total. The second-order valence-electron chi connectivity index (χ2n) is 5.36. The Morgan fingerprint density at radius 1 is 1.26 bits per heavy atom. The molecule has 1 aliphatic heterocycles. The number of pyridine rings is 1. The maximum Gasteiger partial charge on any atom is 0.255 e.